The van der Waals surface area contributed by atoms with Crippen LogP contribution in [0.15, 0.2) is 48.7 Å². The van der Waals surface area contributed by atoms with Gasteiger partial charge < -0.3 is 9.72 Å². The zero-order valence-electron chi connectivity index (χ0n) is 10.7. The average molecular weight is 242 g/mol. The number of hydrogen-bond donors (Lipinski definition) is 1. The summed E-state index contributed by atoms with van der Waals surface area (Å²) in [4.78, 5) is 5.50. The molecule has 3 rings (SSSR count). The highest BCUT2D eigenvalue weighted by molar-refractivity contribution is 5.21. The van der Waals surface area contributed by atoms with E-state index in [9.17, 15) is 0 Å². The van der Waals surface area contributed by atoms with Crippen molar-refractivity contribution in [2.75, 3.05) is 7.05 Å². The summed E-state index contributed by atoms with van der Waals surface area (Å²) in [6, 6.07) is 14.9. The lowest BCUT2D eigenvalue weighted by Gasteiger charge is -2.20. The highest BCUT2D eigenvalue weighted by Gasteiger charge is 2.38. The normalized spacial score (nSPS) is 28.7. The quantitative estimate of drug-likeness (QED) is 0.876. The predicted octanol–water partition coefficient (Wildman–Crippen LogP) is 3.11. The lowest BCUT2D eigenvalue weighted by Crippen LogP contribution is -2.27. The third kappa shape index (κ3) is 1.85. The van der Waals surface area contributed by atoms with Crippen LogP contribution >= 0.6 is 0 Å². The first kappa shape index (κ1) is 11.5. The van der Waals surface area contributed by atoms with Crippen molar-refractivity contribution in [3.63, 3.8) is 0 Å². The van der Waals surface area contributed by atoms with E-state index in [1.165, 1.54) is 5.56 Å². The maximum Gasteiger partial charge on any atom is 0.152 e. The van der Waals surface area contributed by atoms with Crippen LogP contribution < -0.4 is 0 Å². The molecule has 1 aliphatic rings. The molecular formula is C15H18N2O. The van der Waals surface area contributed by atoms with E-state index in [-0.39, 0.29) is 12.3 Å². The average Bonchev–Trinajstić information content (AvgIpc) is 3.01. The zero-order chi connectivity index (χ0) is 12.5. The van der Waals surface area contributed by atoms with Gasteiger partial charge in [0.1, 0.15) is 6.10 Å². The first-order valence-electron chi connectivity index (χ1n) is 6.33. The number of rotatable bonds is 2. The molecule has 1 N–H and O–H groups in total. The molecule has 18 heavy (non-hydrogen) atoms. The van der Waals surface area contributed by atoms with Crippen LogP contribution in [0.1, 0.15) is 30.5 Å². The number of likely N-dealkylation sites (N-methyl/N-ethyl adjacent to an activating group) is 1. The summed E-state index contributed by atoms with van der Waals surface area (Å²) in [6.07, 6.45) is 2.08. The largest absolute Gasteiger partial charge is 0.362 e. The summed E-state index contributed by atoms with van der Waals surface area (Å²) in [5.41, 5.74) is 2.36. The van der Waals surface area contributed by atoms with Crippen molar-refractivity contribution in [1.82, 2.24) is 9.88 Å². The number of aromatic amines is 1. The highest BCUT2D eigenvalue weighted by Crippen LogP contribution is 2.40. The van der Waals surface area contributed by atoms with Gasteiger partial charge in [0.15, 0.2) is 6.23 Å². The topological polar surface area (TPSA) is 28.3 Å². The van der Waals surface area contributed by atoms with Crippen molar-refractivity contribution >= 4 is 0 Å². The number of hydrogen-bond acceptors (Lipinski definition) is 2. The van der Waals surface area contributed by atoms with Crippen LogP contribution in [0.5, 0.6) is 0 Å². The van der Waals surface area contributed by atoms with Crippen LogP contribution in [0, 0.1) is 0 Å². The number of benzene rings is 1. The maximum absolute atomic E-state index is 6.21. The summed E-state index contributed by atoms with van der Waals surface area (Å²) < 4.78 is 6.21. The Kier molecular flexibility index (Phi) is 2.94. The molecule has 0 radical (unpaired) electrons. The Hall–Kier alpha value is -1.58. The van der Waals surface area contributed by atoms with Crippen molar-refractivity contribution < 1.29 is 4.74 Å². The Labute approximate surface area is 107 Å². The van der Waals surface area contributed by atoms with E-state index in [0.717, 1.165) is 5.69 Å². The van der Waals surface area contributed by atoms with Crippen LogP contribution in [-0.2, 0) is 4.74 Å². The fourth-order valence-corrected chi connectivity index (χ4v) is 2.57. The standard InChI is InChI=1S/C15H18N2O/c1-11-14(12-7-4-3-5-8-12)18-15(17(11)2)13-9-6-10-16-13/h3-11,14-16H,1-2H3/t11-,14-,15?/m1/s1. The minimum Gasteiger partial charge on any atom is -0.362 e. The molecule has 94 valence electrons. The maximum atomic E-state index is 6.21. The monoisotopic (exact) mass is 242 g/mol. The van der Waals surface area contributed by atoms with Crippen LogP contribution in [0.3, 0.4) is 0 Å². The lowest BCUT2D eigenvalue weighted by molar-refractivity contribution is 0.00304. The van der Waals surface area contributed by atoms with Gasteiger partial charge in [-0.1, -0.05) is 30.3 Å². The molecule has 1 aromatic heterocycles. The molecule has 1 fully saturated rings. The van der Waals surface area contributed by atoms with Gasteiger partial charge in [0.2, 0.25) is 0 Å². The number of H-pyrrole nitrogens is 1. The molecule has 1 saturated heterocycles. The van der Waals surface area contributed by atoms with Gasteiger partial charge in [0.05, 0.1) is 5.69 Å². The van der Waals surface area contributed by atoms with Crippen molar-refractivity contribution in [1.29, 1.82) is 0 Å². The van der Waals surface area contributed by atoms with Gasteiger partial charge >= 0.3 is 0 Å². The Morgan fingerprint density at radius 2 is 1.89 bits per heavy atom. The van der Waals surface area contributed by atoms with E-state index in [1.807, 2.05) is 18.3 Å². The van der Waals surface area contributed by atoms with Crippen LogP contribution in [-0.4, -0.2) is 23.0 Å². The summed E-state index contributed by atoms with van der Waals surface area (Å²) in [7, 11) is 2.11. The Morgan fingerprint density at radius 1 is 1.11 bits per heavy atom. The van der Waals surface area contributed by atoms with E-state index in [1.54, 1.807) is 0 Å². The summed E-state index contributed by atoms with van der Waals surface area (Å²) in [6.45, 7) is 2.21. The van der Waals surface area contributed by atoms with Crippen molar-refractivity contribution in [2.24, 2.45) is 0 Å². The number of aromatic nitrogens is 1. The summed E-state index contributed by atoms with van der Waals surface area (Å²) in [5.74, 6) is 0. The van der Waals surface area contributed by atoms with Gasteiger partial charge in [-0.05, 0) is 31.7 Å². The molecule has 2 heterocycles. The van der Waals surface area contributed by atoms with Crippen LogP contribution in [0.4, 0.5) is 0 Å². The minimum absolute atomic E-state index is 0.0141. The molecule has 0 saturated carbocycles. The van der Waals surface area contributed by atoms with Crippen molar-refractivity contribution in [3.05, 3.63) is 59.9 Å². The predicted molar refractivity (Wildman–Crippen MR) is 71.0 cm³/mol. The van der Waals surface area contributed by atoms with Crippen molar-refractivity contribution in [2.45, 2.75) is 25.3 Å². The molecular weight excluding hydrogens is 224 g/mol. The first-order chi connectivity index (χ1) is 8.77. The summed E-state index contributed by atoms with van der Waals surface area (Å²) in [5, 5.41) is 0. The lowest BCUT2D eigenvalue weighted by atomic mass is 10.0. The molecule has 3 heteroatoms. The van der Waals surface area contributed by atoms with Crippen molar-refractivity contribution in [3.8, 4) is 0 Å². The first-order valence-corrected chi connectivity index (χ1v) is 6.33. The second-order valence-electron chi connectivity index (χ2n) is 4.85. The van der Waals surface area contributed by atoms with E-state index >= 15 is 0 Å². The second kappa shape index (κ2) is 4.59. The van der Waals surface area contributed by atoms with E-state index in [2.05, 4.69) is 54.2 Å². The molecule has 0 amide bonds. The highest BCUT2D eigenvalue weighted by atomic mass is 16.5. The molecule has 1 unspecified atom stereocenters. The van der Waals surface area contributed by atoms with Gasteiger partial charge in [0.25, 0.3) is 0 Å². The molecule has 3 atom stereocenters. The summed E-state index contributed by atoms with van der Waals surface area (Å²) >= 11 is 0. The molecule has 2 aromatic rings. The minimum atomic E-state index is 0.0141. The fourth-order valence-electron chi connectivity index (χ4n) is 2.57. The SMILES string of the molecule is C[C@@H]1[C@H](c2ccccc2)OC(c2ccc[nH]2)N1C. The third-order valence-corrected chi connectivity index (χ3v) is 3.74. The molecule has 3 nitrogen and oxygen atoms in total. The number of nitrogens with zero attached hydrogens (tertiary/aromatic N) is 1. The Balaban J connectivity index is 1.87. The molecule has 1 aliphatic heterocycles. The zero-order valence-corrected chi connectivity index (χ0v) is 10.7. The fraction of sp³-hybridized carbons (Fsp3) is 0.333. The van der Waals surface area contributed by atoms with Gasteiger partial charge in [-0.2, -0.15) is 0 Å². The van der Waals surface area contributed by atoms with E-state index in [4.69, 9.17) is 4.74 Å². The molecule has 0 bridgehead atoms. The third-order valence-electron chi connectivity index (χ3n) is 3.74. The molecule has 0 spiro atoms. The number of nitrogens with one attached hydrogen (secondary N) is 1. The van der Waals surface area contributed by atoms with Gasteiger partial charge in [-0.15, -0.1) is 0 Å². The van der Waals surface area contributed by atoms with Gasteiger partial charge in [0, 0.05) is 12.2 Å². The molecule has 1 aromatic carbocycles. The Bertz CT molecular complexity index is 494. The van der Waals surface area contributed by atoms with Crippen LogP contribution in [0.25, 0.3) is 0 Å². The molecule has 0 aliphatic carbocycles. The van der Waals surface area contributed by atoms with Gasteiger partial charge in [-0.3, -0.25) is 4.90 Å². The van der Waals surface area contributed by atoms with Gasteiger partial charge in [-0.25, -0.2) is 0 Å². The Morgan fingerprint density at radius 3 is 2.56 bits per heavy atom. The smallest absolute Gasteiger partial charge is 0.152 e. The second-order valence-corrected chi connectivity index (χ2v) is 4.85. The van der Waals surface area contributed by atoms with E-state index < -0.39 is 0 Å². The van der Waals surface area contributed by atoms with Crippen LogP contribution in [0.2, 0.25) is 0 Å². The number of ether oxygens (including phenoxy) is 1. The van der Waals surface area contributed by atoms with E-state index in [0.29, 0.717) is 6.04 Å².